The first-order valence-corrected chi connectivity index (χ1v) is 13.7. The minimum Gasteiger partial charge on any atom is -0.497 e. The minimum atomic E-state index is -3.92. The normalized spacial score (nSPS) is 15.6. The molecule has 0 saturated carbocycles. The van der Waals surface area contributed by atoms with Crippen LogP contribution in [0.15, 0.2) is 35.2 Å². The molecule has 2 N–H and O–H groups in total. The topological polar surface area (TPSA) is 108 Å². The van der Waals surface area contributed by atoms with Crippen molar-refractivity contribution in [3.05, 3.63) is 52.6 Å². The molecule has 0 saturated heterocycles. The van der Waals surface area contributed by atoms with Crippen molar-refractivity contribution < 1.29 is 22.7 Å². The molecule has 9 nitrogen and oxygen atoms in total. The van der Waals surface area contributed by atoms with Crippen molar-refractivity contribution in [3.63, 3.8) is 0 Å². The van der Waals surface area contributed by atoms with Gasteiger partial charge in [-0.1, -0.05) is 19.9 Å². The van der Waals surface area contributed by atoms with E-state index in [1.807, 2.05) is 12.1 Å². The Morgan fingerprint density at radius 2 is 1.76 bits per heavy atom. The average Bonchev–Trinajstić information content (AvgIpc) is 2.91. The predicted molar refractivity (Wildman–Crippen MR) is 145 cm³/mol. The van der Waals surface area contributed by atoms with Gasteiger partial charge in [0.2, 0.25) is 21.8 Å². The number of methoxy groups -OCH3 is 1. The predicted octanol–water partition coefficient (Wildman–Crippen LogP) is 2.45. The second-order valence-electron chi connectivity index (χ2n) is 10.4. The molecular weight excluding hydrogens is 492 g/mol. The minimum absolute atomic E-state index is 0.00631. The number of hydrogen-bond acceptors (Lipinski definition) is 6. The van der Waals surface area contributed by atoms with Crippen LogP contribution in [0.5, 0.6) is 5.75 Å². The first kappa shape index (κ1) is 28.6. The number of ether oxygens (including phenoxy) is 1. The highest BCUT2D eigenvalue weighted by atomic mass is 32.2. The van der Waals surface area contributed by atoms with E-state index >= 15 is 0 Å². The monoisotopic (exact) mass is 530 g/mol. The van der Waals surface area contributed by atoms with E-state index in [2.05, 4.69) is 42.5 Å². The van der Waals surface area contributed by atoms with Gasteiger partial charge >= 0.3 is 0 Å². The zero-order valence-corrected chi connectivity index (χ0v) is 23.6. The van der Waals surface area contributed by atoms with Crippen molar-refractivity contribution in [2.75, 3.05) is 52.7 Å². The summed E-state index contributed by atoms with van der Waals surface area (Å²) in [4.78, 5) is 27.4. The molecule has 0 aromatic heterocycles. The molecule has 1 heterocycles. The number of anilines is 1. The lowest BCUT2D eigenvalue weighted by molar-refractivity contribution is -0.124. The van der Waals surface area contributed by atoms with Gasteiger partial charge in [0, 0.05) is 31.2 Å². The van der Waals surface area contributed by atoms with Gasteiger partial charge in [0.1, 0.15) is 5.75 Å². The van der Waals surface area contributed by atoms with E-state index in [0.29, 0.717) is 22.6 Å². The molecule has 1 aliphatic rings. The molecule has 3 rings (SSSR count). The number of rotatable bonds is 8. The summed E-state index contributed by atoms with van der Waals surface area (Å²) in [7, 11) is 1.05. The van der Waals surface area contributed by atoms with Crippen molar-refractivity contribution in [3.8, 4) is 5.75 Å². The van der Waals surface area contributed by atoms with E-state index in [0.717, 1.165) is 23.8 Å². The van der Waals surface area contributed by atoms with Gasteiger partial charge in [-0.2, -0.15) is 4.31 Å². The molecular formula is C27H38N4O5S. The third kappa shape index (κ3) is 6.68. The number of carbonyl (C=O) groups is 2. The van der Waals surface area contributed by atoms with Crippen LogP contribution in [0.4, 0.5) is 5.69 Å². The summed E-state index contributed by atoms with van der Waals surface area (Å²) in [5.41, 5.74) is 4.20. The number of benzene rings is 2. The van der Waals surface area contributed by atoms with Gasteiger partial charge in [-0.3, -0.25) is 9.59 Å². The molecule has 0 unspecified atom stereocenters. The maximum Gasteiger partial charge on any atom is 0.243 e. The number of carbonyl (C=O) groups excluding carboxylic acids is 2. The lowest BCUT2D eigenvalue weighted by Gasteiger charge is -2.28. The largest absolute Gasteiger partial charge is 0.497 e. The van der Waals surface area contributed by atoms with Gasteiger partial charge in [0.25, 0.3) is 0 Å². The Balaban J connectivity index is 1.59. The summed E-state index contributed by atoms with van der Waals surface area (Å²) in [5.74, 6) is -0.395. The highest BCUT2D eigenvalue weighted by Gasteiger charge is 2.29. The Kier molecular flexibility index (Phi) is 8.66. The fourth-order valence-corrected chi connectivity index (χ4v) is 6.54. The second-order valence-corrected chi connectivity index (χ2v) is 12.4. The highest BCUT2D eigenvalue weighted by Crippen LogP contribution is 2.32. The fourth-order valence-electron chi connectivity index (χ4n) is 5.01. The van der Waals surface area contributed by atoms with E-state index in [4.69, 9.17) is 4.74 Å². The van der Waals surface area contributed by atoms with Crippen LogP contribution < -0.4 is 15.4 Å². The molecule has 2 aromatic carbocycles. The van der Waals surface area contributed by atoms with E-state index in [1.165, 1.54) is 25.3 Å². The summed E-state index contributed by atoms with van der Waals surface area (Å²) in [6.07, 6.45) is 0.893. The second kappa shape index (κ2) is 11.2. The van der Waals surface area contributed by atoms with Crippen LogP contribution in [0.25, 0.3) is 0 Å². The number of likely N-dealkylation sites (N-methyl/N-ethyl adjacent to an activating group) is 2. The number of nitrogens with zero attached hydrogens (tertiary/aromatic N) is 2. The highest BCUT2D eigenvalue weighted by molar-refractivity contribution is 7.89. The molecule has 202 valence electrons. The van der Waals surface area contributed by atoms with Crippen molar-refractivity contribution in [1.82, 2.24) is 14.5 Å². The van der Waals surface area contributed by atoms with E-state index < -0.39 is 22.5 Å². The summed E-state index contributed by atoms with van der Waals surface area (Å²) in [6, 6.07) is 9.21. The van der Waals surface area contributed by atoms with Crippen LogP contribution in [0.1, 0.15) is 36.1 Å². The third-order valence-electron chi connectivity index (χ3n) is 6.70. The van der Waals surface area contributed by atoms with Crippen molar-refractivity contribution in [2.45, 2.75) is 44.4 Å². The smallest absolute Gasteiger partial charge is 0.243 e. The number of fused-ring (bicyclic) bond motifs is 1. The van der Waals surface area contributed by atoms with Gasteiger partial charge in [0.15, 0.2) is 0 Å². The Labute approximate surface area is 220 Å². The van der Waals surface area contributed by atoms with Gasteiger partial charge in [0.05, 0.1) is 25.1 Å². The van der Waals surface area contributed by atoms with Gasteiger partial charge in [-0.15, -0.1) is 0 Å². The maximum absolute atomic E-state index is 13.1. The fraction of sp³-hybridized carbons (Fsp3) is 0.481. The van der Waals surface area contributed by atoms with Crippen molar-refractivity contribution in [2.24, 2.45) is 0 Å². The molecule has 37 heavy (non-hydrogen) atoms. The van der Waals surface area contributed by atoms with Crippen LogP contribution in [0, 0.1) is 13.8 Å². The Bertz CT molecular complexity index is 1270. The average molecular weight is 531 g/mol. The molecule has 2 aromatic rings. The number of sulfonamides is 1. The molecule has 0 atom stereocenters. The van der Waals surface area contributed by atoms with E-state index in [9.17, 15) is 18.0 Å². The Hall–Kier alpha value is -2.95. The molecule has 1 aliphatic heterocycles. The maximum atomic E-state index is 13.1. The van der Waals surface area contributed by atoms with Crippen LogP contribution in [-0.2, 0) is 31.4 Å². The van der Waals surface area contributed by atoms with Crippen LogP contribution in [0.3, 0.4) is 0 Å². The molecule has 10 heteroatoms. The number of aryl methyl sites for hydroxylation is 2. The van der Waals surface area contributed by atoms with Crippen LogP contribution >= 0.6 is 0 Å². The molecule has 0 fully saturated rings. The van der Waals surface area contributed by atoms with E-state index in [1.54, 1.807) is 26.0 Å². The first-order valence-electron chi connectivity index (χ1n) is 12.2. The zero-order valence-electron chi connectivity index (χ0n) is 22.8. The van der Waals surface area contributed by atoms with Gasteiger partial charge in [-0.05, 0) is 73.8 Å². The SMILES string of the molecule is COc1cc(C)c(S(=O)(=O)N(C)CC(=O)NCC(=O)Nc2ccc3c(c2)CCN(C)CC3(C)C)c(C)c1. The first-order chi connectivity index (χ1) is 17.2. The number of hydrogen-bond donors (Lipinski definition) is 2. The quantitative estimate of drug-likeness (QED) is 0.543. The summed E-state index contributed by atoms with van der Waals surface area (Å²) in [5, 5.41) is 5.34. The molecule has 0 aliphatic carbocycles. The standard InChI is InChI=1S/C27H38N4O5S/c1-18-12-22(36-7)13-19(2)26(18)37(34,35)31(6)16-25(33)28-15-24(32)29-21-8-9-23-20(14-21)10-11-30(5)17-27(23,3)4/h8-9,12-14H,10-11,15-17H2,1-7H3,(H,28,33)(H,29,32). The molecule has 0 spiro atoms. The van der Waals surface area contributed by atoms with Gasteiger partial charge < -0.3 is 20.3 Å². The van der Waals surface area contributed by atoms with Crippen molar-refractivity contribution >= 4 is 27.5 Å². The Morgan fingerprint density at radius 1 is 1.11 bits per heavy atom. The zero-order chi connectivity index (χ0) is 27.5. The Morgan fingerprint density at radius 3 is 2.38 bits per heavy atom. The summed E-state index contributed by atoms with van der Waals surface area (Å²) >= 11 is 0. The molecule has 0 radical (unpaired) electrons. The number of amides is 2. The summed E-state index contributed by atoms with van der Waals surface area (Å²) < 4.78 is 32.4. The molecule has 2 amide bonds. The van der Waals surface area contributed by atoms with Crippen molar-refractivity contribution in [1.29, 1.82) is 0 Å². The van der Waals surface area contributed by atoms with Gasteiger partial charge in [-0.25, -0.2) is 8.42 Å². The lowest BCUT2D eigenvalue weighted by Crippen LogP contribution is -2.41. The number of nitrogens with one attached hydrogen (secondary N) is 2. The third-order valence-corrected chi connectivity index (χ3v) is 8.81. The van der Waals surface area contributed by atoms with Crippen LogP contribution in [-0.4, -0.2) is 76.8 Å². The molecule has 0 bridgehead atoms. The summed E-state index contributed by atoms with van der Waals surface area (Å²) in [6.45, 7) is 9.02. The van der Waals surface area contributed by atoms with Crippen LogP contribution in [0.2, 0.25) is 0 Å². The lowest BCUT2D eigenvalue weighted by atomic mass is 9.81. The van der Waals surface area contributed by atoms with E-state index in [-0.39, 0.29) is 22.8 Å².